The highest BCUT2D eigenvalue weighted by Gasteiger charge is 2.48. The van der Waals surface area contributed by atoms with Gasteiger partial charge in [0.2, 0.25) is 0 Å². The van der Waals surface area contributed by atoms with E-state index in [2.05, 4.69) is 0 Å². The minimum atomic E-state index is -3.71. The minimum absolute atomic E-state index is 0.297. The van der Waals surface area contributed by atoms with Crippen molar-refractivity contribution in [3.63, 3.8) is 0 Å². The van der Waals surface area contributed by atoms with Crippen molar-refractivity contribution >= 4 is 20.9 Å². The molecule has 4 rings (SSSR count). The third kappa shape index (κ3) is 2.17. The van der Waals surface area contributed by atoms with Gasteiger partial charge in [-0.25, -0.2) is 0 Å². The summed E-state index contributed by atoms with van der Waals surface area (Å²) in [7, 11) is -3.71. The molecule has 0 spiro atoms. The molecular formula is C17H18O3S. The lowest BCUT2D eigenvalue weighted by Crippen LogP contribution is -2.30. The molecular weight excluding hydrogens is 284 g/mol. The van der Waals surface area contributed by atoms with Gasteiger partial charge < -0.3 is 0 Å². The zero-order valence-electron chi connectivity index (χ0n) is 11.8. The predicted molar refractivity (Wildman–Crippen MR) is 81.5 cm³/mol. The molecule has 110 valence electrons. The lowest BCUT2D eigenvalue weighted by molar-refractivity contribution is 0.0884. The van der Waals surface area contributed by atoms with Crippen molar-refractivity contribution in [3.8, 4) is 0 Å². The van der Waals surface area contributed by atoms with Gasteiger partial charge in [0.05, 0.1) is 5.60 Å². The van der Waals surface area contributed by atoms with Crippen molar-refractivity contribution in [3.05, 3.63) is 42.5 Å². The van der Waals surface area contributed by atoms with Gasteiger partial charge in [-0.05, 0) is 49.5 Å². The molecule has 2 aliphatic rings. The number of fused-ring (bicyclic) bond motifs is 3. The molecule has 0 radical (unpaired) electrons. The van der Waals surface area contributed by atoms with Gasteiger partial charge in [0.25, 0.3) is 10.1 Å². The van der Waals surface area contributed by atoms with Crippen LogP contribution >= 0.6 is 0 Å². The normalized spacial score (nSPS) is 28.3. The second-order valence-electron chi connectivity index (χ2n) is 6.35. The Kier molecular flexibility index (Phi) is 2.88. The number of hydrogen-bond acceptors (Lipinski definition) is 3. The summed E-state index contributed by atoms with van der Waals surface area (Å²) in [6, 6.07) is 12.9. The van der Waals surface area contributed by atoms with Crippen molar-refractivity contribution < 1.29 is 12.6 Å². The third-order valence-electron chi connectivity index (χ3n) is 4.98. The molecule has 0 saturated heterocycles. The van der Waals surface area contributed by atoms with E-state index in [1.807, 2.05) is 30.3 Å². The van der Waals surface area contributed by atoms with Gasteiger partial charge in [0.15, 0.2) is 0 Å². The van der Waals surface area contributed by atoms with Crippen LogP contribution in [-0.4, -0.2) is 14.0 Å². The van der Waals surface area contributed by atoms with Crippen molar-refractivity contribution in [2.75, 3.05) is 0 Å². The molecule has 21 heavy (non-hydrogen) atoms. The Bertz CT molecular complexity index is 781. The van der Waals surface area contributed by atoms with E-state index in [1.165, 1.54) is 0 Å². The number of rotatable bonds is 3. The van der Waals surface area contributed by atoms with Gasteiger partial charge in [-0.15, -0.1) is 0 Å². The monoisotopic (exact) mass is 302 g/mol. The maximum absolute atomic E-state index is 12.8. The SMILES string of the molecule is O=S(=O)(OC12CCC(CC1)C2)c1cccc2ccccc12. The van der Waals surface area contributed by atoms with Crippen LogP contribution in [0.3, 0.4) is 0 Å². The van der Waals surface area contributed by atoms with Crippen molar-refractivity contribution in [1.82, 2.24) is 0 Å². The number of benzene rings is 2. The molecule has 2 fully saturated rings. The summed E-state index contributed by atoms with van der Waals surface area (Å²) in [5, 5.41) is 1.67. The van der Waals surface area contributed by atoms with Crippen LogP contribution in [0.4, 0.5) is 0 Å². The topological polar surface area (TPSA) is 43.4 Å². The van der Waals surface area contributed by atoms with Crippen molar-refractivity contribution in [2.45, 2.75) is 42.6 Å². The van der Waals surface area contributed by atoms with Crippen LogP contribution in [-0.2, 0) is 14.3 Å². The first kappa shape index (κ1) is 13.3. The minimum Gasteiger partial charge on any atom is -0.260 e. The van der Waals surface area contributed by atoms with Crippen LogP contribution in [0.2, 0.25) is 0 Å². The maximum Gasteiger partial charge on any atom is 0.298 e. The number of hydrogen-bond donors (Lipinski definition) is 0. The summed E-state index contributed by atoms with van der Waals surface area (Å²) in [4.78, 5) is 0.297. The molecule has 4 heteroatoms. The molecule has 3 nitrogen and oxygen atoms in total. The van der Waals surface area contributed by atoms with Crippen molar-refractivity contribution in [2.24, 2.45) is 5.92 Å². The molecule has 0 unspecified atom stereocenters. The molecule has 0 aliphatic heterocycles. The van der Waals surface area contributed by atoms with E-state index < -0.39 is 15.7 Å². The first-order valence-electron chi connectivity index (χ1n) is 7.52. The second kappa shape index (κ2) is 4.55. The zero-order valence-corrected chi connectivity index (χ0v) is 12.6. The highest BCUT2D eigenvalue weighted by molar-refractivity contribution is 7.87. The summed E-state index contributed by atoms with van der Waals surface area (Å²) in [5.41, 5.74) is -0.430. The van der Waals surface area contributed by atoms with Gasteiger partial charge in [-0.1, -0.05) is 36.4 Å². The first-order valence-corrected chi connectivity index (χ1v) is 8.92. The molecule has 0 N–H and O–H groups in total. The van der Waals surface area contributed by atoms with Gasteiger partial charge >= 0.3 is 0 Å². The van der Waals surface area contributed by atoms with Crippen LogP contribution < -0.4 is 0 Å². The fraction of sp³-hybridized carbons (Fsp3) is 0.412. The van der Waals surface area contributed by atoms with Crippen LogP contribution in [0.1, 0.15) is 32.1 Å². The average molecular weight is 302 g/mol. The van der Waals surface area contributed by atoms with E-state index in [-0.39, 0.29) is 0 Å². The second-order valence-corrected chi connectivity index (χ2v) is 7.86. The van der Waals surface area contributed by atoms with Crippen LogP contribution in [0.25, 0.3) is 10.8 Å². The lowest BCUT2D eigenvalue weighted by atomic mass is 9.98. The maximum atomic E-state index is 12.8. The molecule has 2 aromatic carbocycles. The van der Waals surface area contributed by atoms with Crippen LogP contribution in [0, 0.1) is 5.92 Å². The molecule has 2 aromatic rings. The highest BCUT2D eigenvalue weighted by atomic mass is 32.2. The zero-order chi connectivity index (χ0) is 14.5. The van der Waals surface area contributed by atoms with Gasteiger partial charge in [-0.2, -0.15) is 8.42 Å². The molecule has 0 amide bonds. The molecule has 0 heterocycles. The molecule has 0 aromatic heterocycles. The first-order chi connectivity index (χ1) is 10.1. The van der Waals surface area contributed by atoms with E-state index in [1.54, 1.807) is 12.1 Å². The summed E-state index contributed by atoms with van der Waals surface area (Å²) in [5.74, 6) is 0.660. The Labute approximate surface area is 125 Å². The standard InChI is InChI=1S/C17H18O3S/c18-21(19,20-17-10-8-13(12-17)9-11-17)16-7-3-5-14-4-1-2-6-15(14)16/h1-7,13H,8-12H2. The highest BCUT2D eigenvalue weighted by Crippen LogP contribution is 2.51. The van der Waals surface area contributed by atoms with Crippen LogP contribution in [0.15, 0.2) is 47.4 Å². The van der Waals surface area contributed by atoms with E-state index in [9.17, 15) is 8.42 Å². The van der Waals surface area contributed by atoms with E-state index in [0.717, 1.165) is 42.9 Å². The van der Waals surface area contributed by atoms with Crippen molar-refractivity contribution in [1.29, 1.82) is 0 Å². The Balaban J connectivity index is 1.77. The Morgan fingerprint density at radius 2 is 1.71 bits per heavy atom. The van der Waals surface area contributed by atoms with E-state index in [0.29, 0.717) is 10.8 Å². The third-order valence-corrected chi connectivity index (χ3v) is 6.45. The Morgan fingerprint density at radius 1 is 1.00 bits per heavy atom. The summed E-state index contributed by atoms with van der Waals surface area (Å²) < 4.78 is 31.3. The summed E-state index contributed by atoms with van der Waals surface area (Å²) in [6.07, 6.45) is 4.86. The summed E-state index contributed by atoms with van der Waals surface area (Å²) >= 11 is 0. The van der Waals surface area contributed by atoms with E-state index in [4.69, 9.17) is 4.18 Å². The fourth-order valence-corrected chi connectivity index (χ4v) is 5.44. The van der Waals surface area contributed by atoms with E-state index >= 15 is 0 Å². The quantitative estimate of drug-likeness (QED) is 0.808. The largest absolute Gasteiger partial charge is 0.298 e. The average Bonchev–Trinajstić information content (AvgIpc) is 3.06. The lowest BCUT2D eigenvalue weighted by Gasteiger charge is -2.26. The Hall–Kier alpha value is -1.39. The van der Waals surface area contributed by atoms with Gasteiger partial charge in [-0.3, -0.25) is 4.18 Å². The van der Waals surface area contributed by atoms with Gasteiger partial charge in [0, 0.05) is 5.39 Å². The summed E-state index contributed by atoms with van der Waals surface area (Å²) in [6.45, 7) is 0. The molecule has 2 aliphatic carbocycles. The Morgan fingerprint density at radius 3 is 2.43 bits per heavy atom. The smallest absolute Gasteiger partial charge is 0.260 e. The predicted octanol–water partition coefficient (Wildman–Crippen LogP) is 3.88. The molecule has 0 atom stereocenters. The molecule has 2 bridgehead atoms. The van der Waals surface area contributed by atoms with Gasteiger partial charge in [0.1, 0.15) is 4.90 Å². The molecule has 2 saturated carbocycles. The van der Waals surface area contributed by atoms with Crippen LogP contribution in [0.5, 0.6) is 0 Å². The fourth-order valence-electron chi connectivity index (χ4n) is 3.95.